The van der Waals surface area contributed by atoms with E-state index < -0.39 is 0 Å². The molecule has 0 bridgehead atoms. The summed E-state index contributed by atoms with van der Waals surface area (Å²) < 4.78 is 3.73. The minimum absolute atomic E-state index is 0.135. The summed E-state index contributed by atoms with van der Waals surface area (Å²) >= 11 is 3.37. The molecule has 1 aliphatic rings. The van der Waals surface area contributed by atoms with E-state index in [1.54, 1.807) is 22.7 Å². The van der Waals surface area contributed by atoms with Gasteiger partial charge in [-0.1, -0.05) is 18.2 Å². The first kappa shape index (κ1) is 12.3. The van der Waals surface area contributed by atoms with Crippen LogP contribution in [-0.4, -0.2) is 29.9 Å². The lowest BCUT2D eigenvalue weighted by molar-refractivity contribution is 0.0796. The lowest BCUT2D eigenvalue weighted by Gasteiger charge is -2.13. The van der Waals surface area contributed by atoms with Gasteiger partial charge in [0.15, 0.2) is 0 Å². The van der Waals surface area contributed by atoms with Crippen LogP contribution in [0.15, 0.2) is 30.3 Å². The van der Waals surface area contributed by atoms with Crippen molar-refractivity contribution in [3.63, 3.8) is 0 Å². The molecule has 1 saturated heterocycles. The Bertz CT molecular complexity index is 805. The van der Waals surface area contributed by atoms with Gasteiger partial charge in [0.25, 0.3) is 5.91 Å². The predicted molar refractivity (Wildman–Crippen MR) is 85.7 cm³/mol. The molecule has 3 aromatic rings. The molecule has 0 radical (unpaired) electrons. The quantitative estimate of drug-likeness (QED) is 0.750. The van der Waals surface area contributed by atoms with Crippen LogP contribution in [-0.2, 0) is 0 Å². The molecule has 0 unspecified atom stereocenters. The maximum Gasteiger partial charge on any atom is 0.264 e. The Kier molecular flexibility index (Phi) is 2.80. The van der Waals surface area contributed by atoms with Crippen LogP contribution >= 0.6 is 22.7 Å². The van der Waals surface area contributed by atoms with Crippen LogP contribution in [0, 0.1) is 0 Å². The highest BCUT2D eigenvalue weighted by Gasteiger charge is 2.26. The van der Waals surface area contributed by atoms with Gasteiger partial charge in [-0.2, -0.15) is 0 Å². The molecule has 2 N–H and O–H groups in total. The summed E-state index contributed by atoms with van der Waals surface area (Å²) in [5, 5.41) is 1.26. The van der Waals surface area contributed by atoms with Gasteiger partial charge in [-0.25, -0.2) is 0 Å². The number of thiophene rings is 2. The Balaban J connectivity index is 1.75. The van der Waals surface area contributed by atoms with Crippen molar-refractivity contribution in [3.05, 3.63) is 35.2 Å². The minimum atomic E-state index is 0.135. The van der Waals surface area contributed by atoms with Gasteiger partial charge >= 0.3 is 0 Å². The molecule has 1 atom stereocenters. The summed E-state index contributed by atoms with van der Waals surface area (Å²) in [6.45, 7) is 1.47. The van der Waals surface area contributed by atoms with Gasteiger partial charge in [-0.3, -0.25) is 4.79 Å². The minimum Gasteiger partial charge on any atom is -0.336 e. The van der Waals surface area contributed by atoms with Crippen molar-refractivity contribution in [2.24, 2.45) is 5.73 Å². The average Bonchev–Trinajstić information content (AvgIpc) is 3.11. The zero-order valence-corrected chi connectivity index (χ0v) is 12.5. The molecule has 1 amide bonds. The van der Waals surface area contributed by atoms with Gasteiger partial charge in [-0.15, -0.1) is 22.7 Å². The molecule has 4 rings (SSSR count). The molecule has 1 aliphatic heterocycles. The molecule has 0 spiro atoms. The molecule has 102 valence electrons. The topological polar surface area (TPSA) is 46.3 Å². The zero-order chi connectivity index (χ0) is 13.7. The van der Waals surface area contributed by atoms with E-state index in [0.717, 1.165) is 17.8 Å². The number of carbonyl (C=O) groups is 1. The Morgan fingerprint density at radius 2 is 2.10 bits per heavy atom. The number of amides is 1. The molecule has 20 heavy (non-hydrogen) atoms. The van der Waals surface area contributed by atoms with Crippen LogP contribution in [0.3, 0.4) is 0 Å². The van der Waals surface area contributed by atoms with Crippen LogP contribution in [0.2, 0.25) is 0 Å². The predicted octanol–water partition coefficient (Wildman–Crippen LogP) is 3.29. The normalized spacial score (nSPS) is 19.2. The Morgan fingerprint density at radius 3 is 2.90 bits per heavy atom. The number of benzene rings is 1. The van der Waals surface area contributed by atoms with Crippen LogP contribution < -0.4 is 5.73 Å². The van der Waals surface area contributed by atoms with Crippen LogP contribution in [0.4, 0.5) is 0 Å². The number of nitrogens with zero attached hydrogens (tertiary/aromatic N) is 1. The number of fused-ring (bicyclic) bond motifs is 3. The van der Waals surface area contributed by atoms with Crippen molar-refractivity contribution in [2.45, 2.75) is 12.5 Å². The van der Waals surface area contributed by atoms with E-state index in [1.165, 1.54) is 19.5 Å². The van der Waals surface area contributed by atoms with Crippen molar-refractivity contribution in [2.75, 3.05) is 13.1 Å². The summed E-state index contributed by atoms with van der Waals surface area (Å²) in [7, 11) is 0. The van der Waals surface area contributed by atoms with E-state index in [4.69, 9.17) is 5.73 Å². The Labute approximate surface area is 124 Å². The van der Waals surface area contributed by atoms with Gasteiger partial charge in [-0.05, 0) is 18.6 Å². The second kappa shape index (κ2) is 4.55. The molecule has 0 saturated carbocycles. The standard InChI is InChI=1S/C15H14N2OS2/c16-9-5-6-17(8-9)15(18)13-7-12-14(20-13)10-3-1-2-4-11(10)19-12/h1-4,7,9H,5-6,8,16H2/t9-/m1/s1. The van der Waals surface area contributed by atoms with Gasteiger partial charge in [0, 0.05) is 33.9 Å². The summed E-state index contributed by atoms with van der Waals surface area (Å²) in [4.78, 5) is 15.2. The highest BCUT2D eigenvalue weighted by molar-refractivity contribution is 7.33. The van der Waals surface area contributed by atoms with Crippen molar-refractivity contribution in [1.82, 2.24) is 4.90 Å². The second-order valence-electron chi connectivity index (χ2n) is 5.20. The molecular formula is C15H14N2OS2. The summed E-state index contributed by atoms with van der Waals surface area (Å²) in [6, 6.07) is 10.5. The largest absolute Gasteiger partial charge is 0.336 e. The first-order chi connectivity index (χ1) is 9.72. The number of hydrogen-bond donors (Lipinski definition) is 1. The van der Waals surface area contributed by atoms with E-state index in [1.807, 2.05) is 11.0 Å². The number of likely N-dealkylation sites (tertiary alicyclic amines) is 1. The third-order valence-corrected chi connectivity index (χ3v) is 6.18. The van der Waals surface area contributed by atoms with Gasteiger partial charge in [0.1, 0.15) is 0 Å². The summed E-state index contributed by atoms with van der Waals surface area (Å²) in [5.41, 5.74) is 5.88. The summed E-state index contributed by atoms with van der Waals surface area (Å²) in [5.74, 6) is 0.135. The first-order valence-electron chi connectivity index (χ1n) is 6.68. The smallest absolute Gasteiger partial charge is 0.264 e. The van der Waals surface area contributed by atoms with E-state index >= 15 is 0 Å². The SMILES string of the molecule is N[C@@H]1CCN(C(=O)c2cc3sc4ccccc4c3s2)C1. The number of carbonyl (C=O) groups excluding carboxylic acids is 1. The number of rotatable bonds is 1. The maximum absolute atomic E-state index is 12.5. The Hall–Kier alpha value is -1.43. The lowest BCUT2D eigenvalue weighted by Crippen LogP contribution is -2.31. The monoisotopic (exact) mass is 302 g/mol. The third-order valence-electron chi connectivity index (χ3n) is 3.77. The van der Waals surface area contributed by atoms with Crippen molar-refractivity contribution < 1.29 is 4.79 Å². The fraction of sp³-hybridized carbons (Fsp3) is 0.267. The molecule has 3 nitrogen and oxygen atoms in total. The number of hydrogen-bond acceptors (Lipinski definition) is 4. The van der Waals surface area contributed by atoms with E-state index in [-0.39, 0.29) is 11.9 Å². The second-order valence-corrected chi connectivity index (χ2v) is 7.34. The lowest BCUT2D eigenvalue weighted by atomic mass is 10.2. The molecule has 2 aromatic heterocycles. The molecule has 1 fully saturated rings. The maximum atomic E-state index is 12.5. The highest BCUT2D eigenvalue weighted by atomic mass is 32.1. The summed E-state index contributed by atoms with van der Waals surface area (Å²) in [6.07, 6.45) is 0.911. The average molecular weight is 302 g/mol. The van der Waals surface area contributed by atoms with E-state index in [2.05, 4.69) is 24.3 Å². The fourth-order valence-electron chi connectivity index (χ4n) is 2.73. The highest BCUT2D eigenvalue weighted by Crippen LogP contribution is 2.39. The van der Waals surface area contributed by atoms with Crippen molar-refractivity contribution >= 4 is 48.1 Å². The first-order valence-corrected chi connectivity index (χ1v) is 8.31. The molecule has 1 aromatic carbocycles. The van der Waals surface area contributed by atoms with Gasteiger partial charge in [0.2, 0.25) is 0 Å². The molecule has 5 heteroatoms. The van der Waals surface area contributed by atoms with Crippen molar-refractivity contribution in [3.8, 4) is 0 Å². The molecular weight excluding hydrogens is 288 g/mol. The van der Waals surface area contributed by atoms with Gasteiger partial charge in [0.05, 0.1) is 9.58 Å². The van der Waals surface area contributed by atoms with E-state index in [9.17, 15) is 4.79 Å². The van der Waals surface area contributed by atoms with Crippen LogP contribution in [0.5, 0.6) is 0 Å². The van der Waals surface area contributed by atoms with Crippen LogP contribution in [0.25, 0.3) is 19.5 Å². The fourth-order valence-corrected chi connectivity index (χ4v) is 5.23. The van der Waals surface area contributed by atoms with E-state index in [0.29, 0.717) is 6.54 Å². The van der Waals surface area contributed by atoms with Gasteiger partial charge < -0.3 is 10.6 Å². The molecule has 3 heterocycles. The Morgan fingerprint density at radius 1 is 1.25 bits per heavy atom. The third kappa shape index (κ3) is 1.85. The zero-order valence-electron chi connectivity index (χ0n) is 10.8. The molecule has 0 aliphatic carbocycles. The van der Waals surface area contributed by atoms with Crippen molar-refractivity contribution in [1.29, 1.82) is 0 Å². The number of nitrogens with two attached hydrogens (primary N) is 1. The van der Waals surface area contributed by atoms with Crippen LogP contribution in [0.1, 0.15) is 16.1 Å².